The molecule has 0 fully saturated rings. The highest BCUT2D eigenvalue weighted by Crippen LogP contribution is 2.44. The molecule has 1 atom stereocenters. The topological polar surface area (TPSA) is 101 Å². The lowest BCUT2D eigenvalue weighted by Gasteiger charge is -2.26. The van der Waals surface area contributed by atoms with Crippen molar-refractivity contribution in [3.63, 3.8) is 0 Å². The molecule has 0 radical (unpaired) electrons. The number of hydrogen-bond acceptors (Lipinski definition) is 5. The van der Waals surface area contributed by atoms with E-state index in [-0.39, 0.29) is 11.6 Å². The first-order valence-corrected chi connectivity index (χ1v) is 10.8. The monoisotopic (exact) mass is 454 g/mol. The molecule has 3 aromatic carbocycles. The highest BCUT2D eigenvalue weighted by Gasteiger charge is 2.42. The van der Waals surface area contributed by atoms with E-state index in [4.69, 9.17) is 4.74 Å². The van der Waals surface area contributed by atoms with Gasteiger partial charge in [-0.05, 0) is 30.2 Å². The molecule has 1 aromatic heterocycles. The van der Waals surface area contributed by atoms with Crippen molar-refractivity contribution in [2.45, 2.75) is 19.5 Å². The van der Waals surface area contributed by atoms with E-state index >= 15 is 0 Å². The van der Waals surface area contributed by atoms with E-state index < -0.39 is 11.0 Å². The summed E-state index contributed by atoms with van der Waals surface area (Å²) in [6, 6.07) is 21.3. The van der Waals surface area contributed by atoms with E-state index in [0.29, 0.717) is 23.5 Å². The average Bonchev–Trinajstić information content (AvgIpc) is 3.39. The van der Waals surface area contributed by atoms with Gasteiger partial charge in [0.1, 0.15) is 11.4 Å². The fourth-order valence-electron chi connectivity index (χ4n) is 4.37. The largest absolute Gasteiger partial charge is 0.497 e. The molecule has 0 aliphatic carbocycles. The van der Waals surface area contributed by atoms with Crippen LogP contribution in [0.3, 0.4) is 0 Å². The zero-order chi connectivity index (χ0) is 23.8. The van der Waals surface area contributed by atoms with Crippen LogP contribution < -0.4 is 4.74 Å². The molecule has 1 aliphatic heterocycles. The summed E-state index contributed by atoms with van der Waals surface area (Å²) < 4.78 is 5.24. The number of carbonyl (C=O) groups is 1. The maximum Gasteiger partial charge on any atom is 0.273 e. The number of benzene rings is 3. The first-order valence-electron chi connectivity index (χ1n) is 10.8. The summed E-state index contributed by atoms with van der Waals surface area (Å²) in [6.07, 6.45) is 0. The maximum atomic E-state index is 13.5. The van der Waals surface area contributed by atoms with E-state index in [9.17, 15) is 14.9 Å². The van der Waals surface area contributed by atoms with Gasteiger partial charge in [0, 0.05) is 29.8 Å². The Morgan fingerprint density at radius 2 is 1.82 bits per heavy atom. The summed E-state index contributed by atoms with van der Waals surface area (Å²) in [6.45, 7) is 2.33. The second kappa shape index (κ2) is 8.47. The first-order chi connectivity index (χ1) is 16.5. The molecular formula is C26H22N4O4. The van der Waals surface area contributed by atoms with E-state index in [1.165, 1.54) is 12.1 Å². The number of aryl methyl sites for hydroxylation is 1. The number of nitro groups is 1. The fraction of sp³-hybridized carbons (Fsp3) is 0.154. The van der Waals surface area contributed by atoms with Crippen molar-refractivity contribution in [3.05, 3.63) is 111 Å². The number of amides is 1. The number of methoxy groups -OCH3 is 1. The summed E-state index contributed by atoms with van der Waals surface area (Å²) in [5.41, 5.74) is 5.33. The Hall–Kier alpha value is -4.46. The summed E-state index contributed by atoms with van der Waals surface area (Å²) >= 11 is 0. The molecule has 0 bridgehead atoms. The number of aromatic nitrogens is 2. The molecule has 4 aromatic rings. The quantitative estimate of drug-likeness (QED) is 0.325. The predicted octanol–water partition coefficient (Wildman–Crippen LogP) is 5.05. The Morgan fingerprint density at radius 3 is 2.50 bits per heavy atom. The van der Waals surface area contributed by atoms with Gasteiger partial charge in [-0.25, -0.2) is 0 Å². The smallest absolute Gasteiger partial charge is 0.273 e. The second-order valence-electron chi connectivity index (χ2n) is 8.26. The Balaban J connectivity index is 1.63. The van der Waals surface area contributed by atoms with Crippen LogP contribution in [0, 0.1) is 17.0 Å². The van der Waals surface area contributed by atoms with Crippen LogP contribution in [0.5, 0.6) is 5.75 Å². The van der Waals surface area contributed by atoms with Crippen molar-refractivity contribution in [3.8, 4) is 17.0 Å². The molecule has 1 N–H and O–H groups in total. The van der Waals surface area contributed by atoms with E-state index in [1.54, 1.807) is 18.1 Å². The Labute approximate surface area is 196 Å². The third kappa shape index (κ3) is 3.69. The molecule has 34 heavy (non-hydrogen) atoms. The molecule has 170 valence electrons. The van der Waals surface area contributed by atoms with Crippen LogP contribution >= 0.6 is 0 Å². The van der Waals surface area contributed by atoms with Crippen LogP contribution in [-0.4, -0.2) is 33.0 Å². The second-order valence-corrected chi connectivity index (χ2v) is 8.26. The number of non-ortho nitro benzene ring substituents is 1. The minimum atomic E-state index is -0.528. The van der Waals surface area contributed by atoms with Crippen LogP contribution in [0.4, 0.5) is 5.69 Å². The molecule has 0 spiro atoms. The number of H-pyrrole nitrogens is 1. The number of nitro benzene ring substituents is 1. The molecule has 1 unspecified atom stereocenters. The molecular weight excluding hydrogens is 432 g/mol. The Kier molecular flexibility index (Phi) is 5.33. The number of aromatic amines is 1. The fourth-order valence-corrected chi connectivity index (χ4v) is 4.37. The normalized spacial score (nSPS) is 14.8. The maximum absolute atomic E-state index is 13.5. The van der Waals surface area contributed by atoms with Crippen molar-refractivity contribution < 1.29 is 14.5 Å². The zero-order valence-electron chi connectivity index (χ0n) is 18.7. The molecule has 5 rings (SSSR count). The van der Waals surface area contributed by atoms with Gasteiger partial charge in [-0.1, -0.05) is 54.1 Å². The van der Waals surface area contributed by atoms with Crippen LogP contribution in [0.2, 0.25) is 0 Å². The van der Waals surface area contributed by atoms with Crippen molar-refractivity contribution in [1.82, 2.24) is 15.1 Å². The van der Waals surface area contributed by atoms with Gasteiger partial charge < -0.3 is 9.64 Å². The lowest BCUT2D eigenvalue weighted by molar-refractivity contribution is -0.384. The average molecular weight is 454 g/mol. The number of ether oxygens (including phenoxy) is 1. The SMILES string of the molecule is COc1ccc(CN2C(=O)c3[nH]nc(-c4ccc(C)cc4)c3C2c2cccc([N+](=O)[O-])c2)cc1. The lowest BCUT2D eigenvalue weighted by Crippen LogP contribution is -2.29. The van der Waals surface area contributed by atoms with Gasteiger partial charge in [0.05, 0.1) is 23.8 Å². The van der Waals surface area contributed by atoms with Gasteiger partial charge in [0.25, 0.3) is 11.6 Å². The first kappa shape index (κ1) is 21.4. The minimum Gasteiger partial charge on any atom is -0.497 e. The molecule has 1 amide bonds. The van der Waals surface area contributed by atoms with Crippen LogP contribution in [-0.2, 0) is 6.54 Å². The van der Waals surface area contributed by atoms with Gasteiger partial charge >= 0.3 is 0 Å². The van der Waals surface area contributed by atoms with Crippen LogP contribution in [0.1, 0.15) is 38.8 Å². The van der Waals surface area contributed by atoms with Crippen LogP contribution in [0.25, 0.3) is 11.3 Å². The van der Waals surface area contributed by atoms with Crippen molar-refractivity contribution in [2.24, 2.45) is 0 Å². The lowest BCUT2D eigenvalue weighted by atomic mass is 9.95. The minimum absolute atomic E-state index is 0.0248. The van der Waals surface area contributed by atoms with Crippen molar-refractivity contribution in [1.29, 1.82) is 0 Å². The van der Waals surface area contributed by atoms with Crippen molar-refractivity contribution in [2.75, 3.05) is 7.11 Å². The van der Waals surface area contributed by atoms with Gasteiger partial charge in [0.15, 0.2) is 0 Å². The van der Waals surface area contributed by atoms with Crippen LogP contribution in [0.15, 0.2) is 72.8 Å². The highest BCUT2D eigenvalue weighted by atomic mass is 16.6. The molecule has 8 nitrogen and oxygen atoms in total. The number of carbonyl (C=O) groups excluding carboxylic acids is 1. The summed E-state index contributed by atoms with van der Waals surface area (Å²) in [7, 11) is 1.60. The molecule has 0 saturated heterocycles. The van der Waals surface area contributed by atoms with Crippen molar-refractivity contribution >= 4 is 11.6 Å². The zero-order valence-corrected chi connectivity index (χ0v) is 18.7. The van der Waals surface area contributed by atoms with Gasteiger partial charge in [-0.3, -0.25) is 20.0 Å². The van der Waals surface area contributed by atoms with E-state index in [0.717, 1.165) is 28.0 Å². The number of rotatable bonds is 6. The highest BCUT2D eigenvalue weighted by molar-refractivity contribution is 6.00. The number of fused-ring (bicyclic) bond motifs is 1. The molecule has 1 aliphatic rings. The molecule has 8 heteroatoms. The summed E-state index contributed by atoms with van der Waals surface area (Å²) in [5, 5.41) is 18.9. The molecule has 2 heterocycles. The van der Waals surface area contributed by atoms with E-state index in [1.807, 2.05) is 61.5 Å². The van der Waals surface area contributed by atoms with E-state index in [2.05, 4.69) is 10.2 Å². The third-order valence-electron chi connectivity index (χ3n) is 6.10. The third-order valence-corrected chi connectivity index (χ3v) is 6.10. The van der Waals surface area contributed by atoms with Gasteiger partial charge in [0.2, 0.25) is 0 Å². The van der Waals surface area contributed by atoms with Gasteiger partial charge in [-0.15, -0.1) is 0 Å². The Morgan fingerprint density at radius 1 is 1.09 bits per heavy atom. The summed E-state index contributed by atoms with van der Waals surface area (Å²) in [4.78, 5) is 26.3. The summed E-state index contributed by atoms with van der Waals surface area (Å²) in [5.74, 6) is 0.524. The predicted molar refractivity (Wildman–Crippen MR) is 127 cm³/mol. The number of nitrogens with zero attached hydrogens (tertiary/aromatic N) is 3. The Bertz CT molecular complexity index is 1380. The standard InChI is InChI=1S/C26H22N4O4/c1-16-6-10-18(11-7-16)23-22-24(28-27-23)26(31)29(15-17-8-12-21(34-2)13-9-17)25(22)19-4-3-5-20(14-19)30(32)33/h3-14,25H,15H2,1-2H3,(H,27,28). The van der Waals surface area contributed by atoms with Gasteiger partial charge in [-0.2, -0.15) is 5.10 Å². The number of nitrogens with one attached hydrogen (secondary N) is 1. The molecule has 0 saturated carbocycles. The number of hydrogen-bond donors (Lipinski definition) is 1.